The van der Waals surface area contributed by atoms with Crippen LogP contribution >= 0.6 is 0 Å². The van der Waals surface area contributed by atoms with Crippen LogP contribution in [0.25, 0.3) is 0 Å². The largest absolute Gasteiger partial charge is 0 e. The molecule has 0 amide bonds. The van der Waals surface area contributed by atoms with Gasteiger partial charge >= 0.3 is 23.2 Å². The van der Waals surface area contributed by atoms with Gasteiger partial charge in [0.2, 0.25) is 0 Å². The minimum atomic E-state index is 0. The monoisotopic (exact) mass is 258 g/mol. The minimum Gasteiger partial charge on any atom is 0 e. The molecule has 0 spiro atoms. The zero-order valence-electron chi connectivity index (χ0n) is 1.71. The van der Waals surface area contributed by atoms with Gasteiger partial charge in [-0.25, -0.2) is 0 Å². The first-order valence-electron chi connectivity index (χ1n) is 0.167. The van der Waals surface area contributed by atoms with Crippen molar-refractivity contribution in [2.24, 2.45) is 0 Å². The third-order valence-corrected chi connectivity index (χ3v) is 0. The molecule has 0 atom stereocenters. The number of hydrogen-bond donors (Lipinski definition) is 0. The molecular formula is MoNbOV. The molecule has 0 heterocycles. The van der Waals surface area contributed by atoms with E-state index in [4.69, 9.17) is 3.40 Å². The molecule has 0 bridgehead atoms. The molecule has 0 aromatic rings. The first-order valence-corrected chi connectivity index (χ1v) is 0.986. The fourth-order valence-electron chi connectivity index (χ4n) is 0. The zero-order valence-corrected chi connectivity index (χ0v) is 7.31. The average Bonchev–Trinajstić information content (AvgIpc) is 1.00. The Morgan fingerprint density at radius 1 is 1.25 bits per heavy atom. The molecule has 22 valence electrons. The molecule has 2 radical (unpaired) electrons. The second kappa shape index (κ2) is 21.3. The van der Waals surface area contributed by atoms with Gasteiger partial charge in [-0.2, -0.15) is 0 Å². The van der Waals surface area contributed by atoms with E-state index in [1.165, 1.54) is 0 Å². The summed E-state index contributed by atoms with van der Waals surface area (Å²) in [5, 5.41) is 0. The van der Waals surface area contributed by atoms with Crippen molar-refractivity contribution >= 4 is 0 Å². The molecular weight excluding hydrogens is 256 g/mol. The second-order valence-electron chi connectivity index (χ2n) is 0. The predicted octanol–water partition coefficient (Wildman–Crippen LogP) is -0.126. The van der Waals surface area contributed by atoms with Crippen LogP contribution in [-0.2, 0) is 64.1 Å². The molecule has 0 aliphatic rings. The third kappa shape index (κ3) is 9.18. The van der Waals surface area contributed by atoms with Gasteiger partial charge in [0.25, 0.3) is 0 Å². The first kappa shape index (κ1) is 17.0. The molecule has 4 heavy (non-hydrogen) atoms. The molecule has 0 aromatic heterocycles. The number of hydrogen-bond acceptors (Lipinski definition) is 1. The van der Waals surface area contributed by atoms with Gasteiger partial charge in [0.05, 0.1) is 0 Å². The average molecular weight is 256 g/mol. The quantitative estimate of drug-likeness (QED) is 0.552. The van der Waals surface area contributed by atoms with E-state index < -0.39 is 0 Å². The van der Waals surface area contributed by atoms with E-state index in [1.54, 1.807) is 0 Å². The smallest absolute Gasteiger partial charge is 0 e. The van der Waals surface area contributed by atoms with E-state index in [0.717, 1.165) is 0 Å². The van der Waals surface area contributed by atoms with Crippen LogP contribution in [0.2, 0.25) is 0 Å². The number of rotatable bonds is 0. The van der Waals surface area contributed by atoms with Gasteiger partial charge < -0.3 is 0 Å². The molecule has 0 rings (SSSR count). The van der Waals surface area contributed by atoms with Crippen LogP contribution in [0.15, 0.2) is 0 Å². The molecule has 0 saturated carbocycles. The van der Waals surface area contributed by atoms with Crippen LogP contribution in [-0.4, -0.2) is 0 Å². The molecule has 0 aliphatic carbocycles. The molecule has 1 nitrogen and oxygen atoms in total. The molecule has 0 aromatic carbocycles. The Morgan fingerprint density at radius 3 is 1.25 bits per heavy atom. The summed E-state index contributed by atoms with van der Waals surface area (Å²) in [7, 11) is 0. The fourth-order valence-corrected chi connectivity index (χ4v) is 0. The van der Waals surface area contributed by atoms with Crippen molar-refractivity contribution in [1.29, 1.82) is 0 Å². The van der Waals surface area contributed by atoms with Gasteiger partial charge in [-0.05, 0) is 0 Å². The molecule has 0 aliphatic heterocycles. The van der Waals surface area contributed by atoms with Gasteiger partial charge in [-0.1, -0.05) is 0 Å². The normalized spacial score (nSPS) is 1.00. The van der Waals surface area contributed by atoms with Crippen LogP contribution in [0.4, 0.5) is 0 Å². The van der Waals surface area contributed by atoms with Gasteiger partial charge in [-0.15, -0.1) is 0 Å². The minimum absolute atomic E-state index is 0. The summed E-state index contributed by atoms with van der Waals surface area (Å²) in [5.41, 5.74) is 0. The maximum atomic E-state index is 8.26. The van der Waals surface area contributed by atoms with E-state index in [1.807, 2.05) is 0 Å². The summed E-state index contributed by atoms with van der Waals surface area (Å²) in [5.74, 6) is 0. The van der Waals surface area contributed by atoms with Crippen LogP contribution in [0.1, 0.15) is 0 Å². The van der Waals surface area contributed by atoms with Crippen molar-refractivity contribution in [2.75, 3.05) is 0 Å². The Hall–Kier alpha value is 1.81. The van der Waals surface area contributed by atoms with Gasteiger partial charge in [0.1, 0.15) is 0 Å². The van der Waals surface area contributed by atoms with Gasteiger partial charge in [-0.3, -0.25) is 0 Å². The zero-order chi connectivity index (χ0) is 2.00. The van der Waals surface area contributed by atoms with Crippen LogP contribution in [0, 0.1) is 0 Å². The molecule has 0 unspecified atom stereocenters. The Morgan fingerprint density at radius 2 is 1.25 bits per heavy atom. The van der Waals surface area contributed by atoms with Crippen molar-refractivity contribution in [2.45, 2.75) is 0 Å². The van der Waals surface area contributed by atoms with Crippen LogP contribution in [0.5, 0.6) is 0 Å². The van der Waals surface area contributed by atoms with E-state index in [9.17, 15) is 0 Å². The topological polar surface area (TPSA) is 17.1 Å². The summed E-state index contributed by atoms with van der Waals surface area (Å²) in [6.45, 7) is 0. The van der Waals surface area contributed by atoms with Crippen molar-refractivity contribution in [3.63, 3.8) is 0 Å². The van der Waals surface area contributed by atoms with E-state index in [0.29, 0.717) is 19.8 Å². The van der Waals surface area contributed by atoms with Crippen molar-refractivity contribution < 1.29 is 64.1 Å². The van der Waals surface area contributed by atoms with Crippen molar-refractivity contribution in [3.8, 4) is 0 Å². The van der Waals surface area contributed by atoms with E-state index in [2.05, 4.69) is 0 Å². The van der Waals surface area contributed by atoms with Crippen molar-refractivity contribution in [1.82, 2.24) is 0 Å². The van der Waals surface area contributed by atoms with Gasteiger partial charge in [0, 0.05) is 40.9 Å². The fraction of sp³-hybridized carbons (Fsp3) is 0. The summed E-state index contributed by atoms with van der Waals surface area (Å²) in [6, 6.07) is 0. The molecule has 4 heteroatoms. The second-order valence-corrected chi connectivity index (χ2v) is 0. The Kier molecular flexibility index (Phi) is 90.6. The summed E-state index contributed by atoms with van der Waals surface area (Å²) in [6.07, 6.45) is 0. The van der Waals surface area contributed by atoms with E-state index >= 15 is 0 Å². The molecule has 0 N–H and O–H groups in total. The molecule has 0 saturated heterocycles. The standard InChI is InChI=1S/Mo.Nb.O.V. The first-order chi connectivity index (χ1) is 1.00. The van der Waals surface area contributed by atoms with E-state index in [-0.39, 0.29) is 40.9 Å². The Labute approximate surface area is 63.5 Å². The SMILES string of the molecule is [Nb].[O]=[Mo].[V]. The summed E-state index contributed by atoms with van der Waals surface area (Å²) >= 11 is 0.700. The summed E-state index contributed by atoms with van der Waals surface area (Å²) < 4.78 is 8.26. The maximum Gasteiger partial charge on any atom is 0 e. The van der Waals surface area contributed by atoms with Crippen LogP contribution in [0.3, 0.4) is 0 Å². The predicted molar refractivity (Wildman–Crippen MR) is 0.686 cm³/mol. The third-order valence-electron chi connectivity index (χ3n) is 0. The molecule has 0 fully saturated rings. The Balaban J connectivity index is -0.00000000500. The summed E-state index contributed by atoms with van der Waals surface area (Å²) in [4.78, 5) is 0. The van der Waals surface area contributed by atoms with Gasteiger partial charge in [0.15, 0.2) is 0 Å². The Bertz CT molecular complexity index is 8.00. The van der Waals surface area contributed by atoms with Crippen LogP contribution < -0.4 is 0 Å². The maximum absolute atomic E-state index is 8.26. The van der Waals surface area contributed by atoms with Crippen molar-refractivity contribution in [3.05, 3.63) is 0 Å².